The van der Waals surface area contributed by atoms with Crippen molar-refractivity contribution in [2.75, 3.05) is 13.6 Å². The molecule has 0 heterocycles. The lowest BCUT2D eigenvalue weighted by atomic mass is 10.1. The van der Waals surface area contributed by atoms with Gasteiger partial charge in [0.05, 0.1) is 12.6 Å². The van der Waals surface area contributed by atoms with Gasteiger partial charge in [0.15, 0.2) is 5.96 Å². The van der Waals surface area contributed by atoms with Crippen LogP contribution in [0.3, 0.4) is 0 Å². The maximum atomic E-state index is 11.8. The normalized spacial score (nSPS) is 12.0. The molecule has 1 aromatic carbocycles. The number of hydrogen-bond donors (Lipinski definition) is 3. The summed E-state index contributed by atoms with van der Waals surface area (Å²) in [5, 5.41) is 9.09. The van der Waals surface area contributed by atoms with Gasteiger partial charge in [0.2, 0.25) is 5.91 Å². The molecule has 1 amide bonds. The largest absolute Gasteiger partial charge is 0.491 e. The van der Waals surface area contributed by atoms with Gasteiger partial charge in [0, 0.05) is 19.1 Å². The first-order chi connectivity index (χ1) is 11.2. The first-order valence-electron chi connectivity index (χ1n) is 8.21. The van der Waals surface area contributed by atoms with Crippen molar-refractivity contribution in [3.05, 3.63) is 29.8 Å². The zero-order chi connectivity index (χ0) is 18.2. The lowest BCUT2D eigenvalue weighted by Crippen LogP contribution is -2.48. The Morgan fingerprint density at radius 2 is 1.96 bits per heavy atom. The Kier molecular flexibility index (Phi) is 7.55. The first-order valence-corrected chi connectivity index (χ1v) is 8.21. The van der Waals surface area contributed by atoms with E-state index in [1.807, 2.05) is 58.9 Å². The highest BCUT2D eigenvalue weighted by atomic mass is 16.5. The van der Waals surface area contributed by atoms with Crippen LogP contribution >= 0.6 is 0 Å². The van der Waals surface area contributed by atoms with E-state index >= 15 is 0 Å². The third-order valence-corrected chi connectivity index (χ3v) is 2.88. The Morgan fingerprint density at radius 3 is 2.54 bits per heavy atom. The molecule has 0 saturated heterocycles. The zero-order valence-electron chi connectivity index (χ0n) is 15.6. The van der Waals surface area contributed by atoms with E-state index in [0.29, 0.717) is 12.5 Å². The van der Waals surface area contributed by atoms with Crippen molar-refractivity contribution in [2.24, 2.45) is 4.99 Å². The third kappa shape index (κ3) is 8.41. The van der Waals surface area contributed by atoms with Gasteiger partial charge in [-0.05, 0) is 52.3 Å². The van der Waals surface area contributed by atoms with Crippen molar-refractivity contribution in [3.63, 3.8) is 0 Å². The van der Waals surface area contributed by atoms with E-state index in [1.165, 1.54) is 0 Å². The molecule has 0 aromatic heterocycles. The summed E-state index contributed by atoms with van der Waals surface area (Å²) in [6.45, 7) is 10.6. The molecule has 0 aliphatic rings. The Morgan fingerprint density at radius 1 is 1.25 bits per heavy atom. The van der Waals surface area contributed by atoms with E-state index in [4.69, 9.17) is 4.74 Å². The summed E-state index contributed by atoms with van der Waals surface area (Å²) < 4.78 is 5.69. The topological polar surface area (TPSA) is 74.8 Å². The van der Waals surface area contributed by atoms with Gasteiger partial charge in [-0.25, -0.2) is 0 Å². The van der Waals surface area contributed by atoms with Crippen LogP contribution in [0, 0.1) is 0 Å². The lowest BCUT2D eigenvalue weighted by Gasteiger charge is -2.21. The number of carbonyl (C=O) groups is 1. The van der Waals surface area contributed by atoms with Crippen LogP contribution in [0.4, 0.5) is 0 Å². The van der Waals surface area contributed by atoms with Gasteiger partial charge < -0.3 is 20.7 Å². The maximum Gasteiger partial charge on any atom is 0.239 e. The summed E-state index contributed by atoms with van der Waals surface area (Å²) in [6, 6.07) is 7.90. The van der Waals surface area contributed by atoms with Crippen molar-refractivity contribution in [1.82, 2.24) is 16.0 Å². The van der Waals surface area contributed by atoms with Gasteiger partial charge in [-0.1, -0.05) is 12.1 Å². The highest BCUT2D eigenvalue weighted by molar-refractivity contribution is 5.86. The highest BCUT2D eigenvalue weighted by Crippen LogP contribution is 2.14. The van der Waals surface area contributed by atoms with Crippen LogP contribution in [0.15, 0.2) is 29.3 Å². The fourth-order valence-electron chi connectivity index (χ4n) is 2.03. The Bertz CT molecular complexity index is 562. The molecule has 0 unspecified atom stereocenters. The monoisotopic (exact) mass is 334 g/mol. The minimum atomic E-state index is -0.243. The van der Waals surface area contributed by atoms with Crippen LogP contribution in [-0.2, 0) is 11.3 Å². The molecular weight excluding hydrogens is 304 g/mol. The fraction of sp³-hybridized carbons (Fsp3) is 0.556. The Hall–Kier alpha value is -2.24. The second-order valence-electron chi connectivity index (χ2n) is 6.89. The van der Waals surface area contributed by atoms with Crippen LogP contribution in [0.25, 0.3) is 0 Å². The molecule has 6 heteroatoms. The summed E-state index contributed by atoms with van der Waals surface area (Å²) in [4.78, 5) is 16.0. The van der Waals surface area contributed by atoms with Gasteiger partial charge in [0.25, 0.3) is 0 Å². The van der Waals surface area contributed by atoms with Crippen molar-refractivity contribution in [1.29, 1.82) is 0 Å². The number of ether oxygens (including phenoxy) is 1. The summed E-state index contributed by atoms with van der Waals surface area (Å²) in [5.74, 6) is 1.35. The van der Waals surface area contributed by atoms with Crippen molar-refractivity contribution < 1.29 is 9.53 Å². The van der Waals surface area contributed by atoms with Crippen molar-refractivity contribution >= 4 is 11.9 Å². The number of aliphatic imine (C=N–C) groups is 1. The molecule has 0 spiro atoms. The molecule has 134 valence electrons. The average Bonchev–Trinajstić information content (AvgIpc) is 2.45. The number of guanidine groups is 1. The average molecular weight is 334 g/mol. The number of nitrogens with zero attached hydrogens (tertiary/aromatic N) is 1. The maximum absolute atomic E-state index is 11.8. The SMILES string of the molecule is CN=C(NCC(=O)NC(C)(C)C)NCc1cccc(OC(C)C)c1. The molecule has 0 bridgehead atoms. The number of benzene rings is 1. The summed E-state index contributed by atoms with van der Waals surface area (Å²) >= 11 is 0. The van der Waals surface area contributed by atoms with E-state index in [9.17, 15) is 4.79 Å². The van der Waals surface area contributed by atoms with Crippen LogP contribution in [0.5, 0.6) is 5.75 Å². The molecule has 0 radical (unpaired) electrons. The fourth-order valence-corrected chi connectivity index (χ4v) is 2.03. The van der Waals surface area contributed by atoms with Gasteiger partial charge >= 0.3 is 0 Å². The van der Waals surface area contributed by atoms with E-state index in [-0.39, 0.29) is 24.1 Å². The minimum absolute atomic E-state index is 0.0715. The van der Waals surface area contributed by atoms with Crippen LogP contribution in [0.2, 0.25) is 0 Å². The third-order valence-electron chi connectivity index (χ3n) is 2.88. The quantitative estimate of drug-likeness (QED) is 0.550. The number of nitrogens with one attached hydrogen (secondary N) is 3. The molecule has 0 aliphatic carbocycles. The molecule has 24 heavy (non-hydrogen) atoms. The Balaban J connectivity index is 2.48. The molecule has 0 fully saturated rings. The van der Waals surface area contributed by atoms with Crippen LogP contribution in [-0.4, -0.2) is 37.1 Å². The van der Waals surface area contributed by atoms with Gasteiger partial charge in [-0.15, -0.1) is 0 Å². The standard InChI is InChI=1S/C18H30N4O2/c1-13(2)24-15-9-7-8-14(10-15)11-20-17(19-6)21-12-16(23)22-18(3,4)5/h7-10,13H,11-12H2,1-6H3,(H,22,23)(H2,19,20,21). The van der Waals surface area contributed by atoms with Crippen molar-refractivity contribution in [3.8, 4) is 5.75 Å². The number of amides is 1. The predicted molar refractivity (Wildman–Crippen MR) is 98.3 cm³/mol. The predicted octanol–water partition coefficient (Wildman–Crippen LogP) is 2.05. The van der Waals surface area contributed by atoms with E-state index < -0.39 is 0 Å². The highest BCUT2D eigenvalue weighted by Gasteiger charge is 2.13. The summed E-state index contributed by atoms with van der Waals surface area (Å²) in [6.07, 6.45) is 0.143. The molecule has 1 rings (SSSR count). The zero-order valence-corrected chi connectivity index (χ0v) is 15.6. The molecular formula is C18H30N4O2. The molecule has 6 nitrogen and oxygen atoms in total. The van der Waals surface area contributed by atoms with Crippen LogP contribution in [0.1, 0.15) is 40.2 Å². The second kappa shape index (κ2) is 9.15. The van der Waals surface area contributed by atoms with Crippen LogP contribution < -0.4 is 20.7 Å². The molecule has 0 aliphatic heterocycles. The number of hydrogen-bond acceptors (Lipinski definition) is 3. The molecule has 0 saturated carbocycles. The summed E-state index contributed by atoms with van der Waals surface area (Å²) in [5.41, 5.74) is 0.835. The second-order valence-corrected chi connectivity index (χ2v) is 6.89. The van der Waals surface area contributed by atoms with Crippen molar-refractivity contribution in [2.45, 2.75) is 52.8 Å². The summed E-state index contributed by atoms with van der Waals surface area (Å²) in [7, 11) is 1.68. The minimum Gasteiger partial charge on any atom is -0.491 e. The van der Waals surface area contributed by atoms with E-state index in [1.54, 1.807) is 7.05 Å². The van der Waals surface area contributed by atoms with E-state index in [0.717, 1.165) is 11.3 Å². The Labute approximate surface area is 145 Å². The molecule has 1 aromatic rings. The smallest absolute Gasteiger partial charge is 0.239 e. The number of rotatable bonds is 6. The molecule has 0 atom stereocenters. The first kappa shape index (κ1) is 19.8. The van der Waals surface area contributed by atoms with Gasteiger partial charge in [0.1, 0.15) is 5.75 Å². The molecule has 3 N–H and O–H groups in total. The van der Waals surface area contributed by atoms with Gasteiger partial charge in [-0.3, -0.25) is 9.79 Å². The lowest BCUT2D eigenvalue weighted by molar-refractivity contribution is -0.121. The van der Waals surface area contributed by atoms with E-state index in [2.05, 4.69) is 20.9 Å². The van der Waals surface area contributed by atoms with Gasteiger partial charge in [-0.2, -0.15) is 0 Å². The number of carbonyl (C=O) groups excluding carboxylic acids is 1.